The molecule has 0 aromatic heterocycles. The molecule has 3 heteroatoms. The van der Waals surface area contributed by atoms with Gasteiger partial charge in [-0.3, -0.25) is 4.57 Å². The zero-order valence-electron chi connectivity index (χ0n) is 6.22. The first-order chi connectivity index (χ1) is 4.81. The van der Waals surface area contributed by atoms with Crippen molar-refractivity contribution in [3.63, 3.8) is 0 Å². The average Bonchev–Trinajstić information content (AvgIpc) is 1.97. The van der Waals surface area contributed by atoms with Crippen LogP contribution in [0.5, 0.6) is 0 Å². The molecule has 0 heterocycles. The van der Waals surface area contributed by atoms with Crippen LogP contribution in [0.25, 0.3) is 0 Å². The molecule has 10 heavy (non-hydrogen) atoms. The second-order valence-electron chi connectivity index (χ2n) is 1.97. The summed E-state index contributed by atoms with van der Waals surface area (Å²) in [5, 5.41) is 0. The summed E-state index contributed by atoms with van der Waals surface area (Å²) in [7, 11) is -1.81. The fraction of sp³-hybridized carbons (Fsp3) is 0.714. The number of hydrogen-bond donors (Lipinski definition) is 0. The molecule has 2 nitrogen and oxygen atoms in total. The van der Waals surface area contributed by atoms with E-state index in [1.807, 2.05) is 0 Å². The molecule has 0 bridgehead atoms. The zero-order valence-corrected chi connectivity index (χ0v) is 7.22. The lowest BCUT2D eigenvalue weighted by atomic mass is 10.4. The Morgan fingerprint density at radius 2 is 2.40 bits per heavy atom. The van der Waals surface area contributed by atoms with E-state index in [2.05, 4.69) is 12.8 Å². The van der Waals surface area contributed by atoms with Crippen molar-refractivity contribution >= 4 is 8.03 Å². The Labute approximate surface area is 62.8 Å². The van der Waals surface area contributed by atoms with Gasteiger partial charge in [-0.05, 0) is 6.42 Å². The highest BCUT2D eigenvalue weighted by Gasteiger charge is 1.95. The Kier molecular flexibility index (Phi) is 6.69. The van der Waals surface area contributed by atoms with Crippen molar-refractivity contribution in [2.24, 2.45) is 0 Å². The summed E-state index contributed by atoms with van der Waals surface area (Å²) in [5.41, 5.74) is 0. The average molecular weight is 160 g/mol. The molecule has 0 amide bonds. The molecular formula is C7H13O2P. The summed E-state index contributed by atoms with van der Waals surface area (Å²) in [6.45, 7) is 2.23. The molecule has 0 N–H and O–H groups in total. The van der Waals surface area contributed by atoms with Crippen molar-refractivity contribution in [1.29, 1.82) is 0 Å². The van der Waals surface area contributed by atoms with Crippen LogP contribution in [0.1, 0.15) is 19.8 Å². The predicted octanol–water partition coefficient (Wildman–Crippen LogP) is 1.91. The minimum Gasteiger partial charge on any atom is -0.317 e. The van der Waals surface area contributed by atoms with Gasteiger partial charge in [0.1, 0.15) is 6.61 Å². The third-order valence-corrected chi connectivity index (χ3v) is 2.28. The van der Waals surface area contributed by atoms with E-state index >= 15 is 0 Å². The van der Waals surface area contributed by atoms with Crippen LogP contribution in [0.2, 0.25) is 0 Å². The van der Waals surface area contributed by atoms with Gasteiger partial charge in [0.2, 0.25) is 0 Å². The first-order valence-electron chi connectivity index (χ1n) is 3.40. The van der Waals surface area contributed by atoms with Gasteiger partial charge >= 0.3 is 0 Å². The monoisotopic (exact) mass is 160 g/mol. The third kappa shape index (κ3) is 5.88. The maximum atomic E-state index is 10.8. The normalized spacial score (nSPS) is 12.4. The van der Waals surface area contributed by atoms with Gasteiger partial charge in [-0.1, -0.05) is 19.3 Å². The second-order valence-corrected chi connectivity index (χ2v) is 3.50. The van der Waals surface area contributed by atoms with Gasteiger partial charge < -0.3 is 4.52 Å². The smallest absolute Gasteiger partial charge is 0.192 e. The standard InChI is InChI=1S/C7H13O2P/c1-3-5-7-10(8)9-6-4-2/h2,10H,3,5-7H2,1H3. The van der Waals surface area contributed by atoms with Crippen LogP contribution in [-0.2, 0) is 9.09 Å². The Bertz CT molecular complexity index is 137. The van der Waals surface area contributed by atoms with E-state index in [4.69, 9.17) is 10.9 Å². The van der Waals surface area contributed by atoms with Crippen molar-refractivity contribution in [2.75, 3.05) is 12.8 Å². The van der Waals surface area contributed by atoms with E-state index < -0.39 is 8.03 Å². The van der Waals surface area contributed by atoms with E-state index in [1.165, 1.54) is 0 Å². The maximum Gasteiger partial charge on any atom is 0.192 e. The number of hydrogen-bond acceptors (Lipinski definition) is 2. The maximum absolute atomic E-state index is 10.8. The van der Waals surface area contributed by atoms with Crippen molar-refractivity contribution in [2.45, 2.75) is 19.8 Å². The van der Waals surface area contributed by atoms with Crippen LogP contribution in [0.15, 0.2) is 0 Å². The number of terminal acetylenes is 1. The van der Waals surface area contributed by atoms with Gasteiger partial charge in [-0.25, -0.2) is 0 Å². The van der Waals surface area contributed by atoms with Crippen molar-refractivity contribution in [1.82, 2.24) is 0 Å². The van der Waals surface area contributed by atoms with Crippen LogP contribution in [0.3, 0.4) is 0 Å². The summed E-state index contributed by atoms with van der Waals surface area (Å²) in [4.78, 5) is 0. The molecule has 0 aromatic carbocycles. The highest BCUT2D eigenvalue weighted by Crippen LogP contribution is 2.22. The van der Waals surface area contributed by atoms with Gasteiger partial charge in [0, 0.05) is 6.16 Å². The van der Waals surface area contributed by atoms with Crippen molar-refractivity contribution < 1.29 is 9.09 Å². The summed E-state index contributed by atoms with van der Waals surface area (Å²) in [6, 6.07) is 0. The van der Waals surface area contributed by atoms with Gasteiger partial charge in [0.25, 0.3) is 0 Å². The van der Waals surface area contributed by atoms with E-state index in [1.54, 1.807) is 0 Å². The summed E-state index contributed by atoms with van der Waals surface area (Å²) in [5.74, 6) is 2.28. The quantitative estimate of drug-likeness (QED) is 0.453. The topological polar surface area (TPSA) is 26.3 Å². The molecule has 0 saturated heterocycles. The Morgan fingerprint density at radius 1 is 1.70 bits per heavy atom. The molecule has 0 fully saturated rings. The van der Waals surface area contributed by atoms with Crippen LogP contribution in [0, 0.1) is 12.3 Å². The largest absolute Gasteiger partial charge is 0.317 e. The van der Waals surface area contributed by atoms with Crippen LogP contribution in [-0.4, -0.2) is 12.8 Å². The molecule has 0 aliphatic rings. The summed E-state index contributed by atoms with van der Waals surface area (Å²) >= 11 is 0. The lowest BCUT2D eigenvalue weighted by Crippen LogP contribution is -1.84. The van der Waals surface area contributed by atoms with Crippen LogP contribution < -0.4 is 0 Å². The number of rotatable bonds is 5. The first kappa shape index (κ1) is 9.75. The lowest BCUT2D eigenvalue weighted by Gasteiger charge is -1.97. The van der Waals surface area contributed by atoms with E-state index in [0.717, 1.165) is 12.8 Å². The minimum atomic E-state index is -1.81. The fourth-order valence-electron chi connectivity index (χ4n) is 0.515. The molecular weight excluding hydrogens is 147 g/mol. The van der Waals surface area contributed by atoms with Gasteiger partial charge in [0.15, 0.2) is 8.03 Å². The Balaban J connectivity index is 3.19. The number of unbranched alkanes of at least 4 members (excludes halogenated alkanes) is 1. The molecule has 0 rings (SSSR count). The van der Waals surface area contributed by atoms with Crippen LogP contribution >= 0.6 is 8.03 Å². The van der Waals surface area contributed by atoms with Gasteiger partial charge in [-0.15, -0.1) is 6.42 Å². The summed E-state index contributed by atoms with van der Waals surface area (Å²) in [6.07, 6.45) is 7.59. The molecule has 0 saturated carbocycles. The molecule has 1 unspecified atom stereocenters. The van der Waals surface area contributed by atoms with Crippen molar-refractivity contribution in [3.05, 3.63) is 0 Å². The van der Waals surface area contributed by atoms with Crippen molar-refractivity contribution in [3.8, 4) is 12.3 Å². The predicted molar refractivity (Wildman–Crippen MR) is 43.6 cm³/mol. The van der Waals surface area contributed by atoms with Gasteiger partial charge in [0.05, 0.1) is 0 Å². The van der Waals surface area contributed by atoms with Crippen LogP contribution in [0.4, 0.5) is 0 Å². The van der Waals surface area contributed by atoms with E-state index in [-0.39, 0.29) is 6.61 Å². The van der Waals surface area contributed by atoms with Gasteiger partial charge in [-0.2, -0.15) is 0 Å². The molecule has 0 aliphatic carbocycles. The SMILES string of the molecule is C#CCO[PH](=O)CCCC. The molecule has 0 radical (unpaired) electrons. The fourth-order valence-corrected chi connectivity index (χ4v) is 1.55. The van der Waals surface area contributed by atoms with E-state index in [0.29, 0.717) is 6.16 Å². The molecule has 0 aromatic rings. The lowest BCUT2D eigenvalue weighted by molar-refractivity contribution is 0.376. The second kappa shape index (κ2) is 6.86. The Morgan fingerprint density at radius 3 is 2.90 bits per heavy atom. The molecule has 0 aliphatic heterocycles. The third-order valence-electron chi connectivity index (χ3n) is 1.05. The minimum absolute atomic E-state index is 0.182. The molecule has 0 spiro atoms. The molecule has 58 valence electrons. The molecule has 1 atom stereocenters. The summed E-state index contributed by atoms with van der Waals surface area (Å²) < 4.78 is 15.6. The van der Waals surface area contributed by atoms with E-state index in [9.17, 15) is 4.57 Å². The highest BCUT2D eigenvalue weighted by atomic mass is 31.1. The zero-order chi connectivity index (χ0) is 7.82. The first-order valence-corrected chi connectivity index (χ1v) is 4.92. The highest BCUT2D eigenvalue weighted by molar-refractivity contribution is 7.39. The Hall–Kier alpha value is -0.250.